The Balaban J connectivity index is 1.47. The van der Waals surface area contributed by atoms with Gasteiger partial charge in [0.1, 0.15) is 5.82 Å². The molecule has 3 aromatic rings. The summed E-state index contributed by atoms with van der Waals surface area (Å²) >= 11 is 1.33. The smallest absolute Gasteiger partial charge is 0.248 e. The quantitative estimate of drug-likeness (QED) is 0.418. The van der Waals surface area contributed by atoms with E-state index in [4.69, 9.17) is 0 Å². The van der Waals surface area contributed by atoms with Crippen LogP contribution in [0.5, 0.6) is 0 Å². The number of amides is 2. The van der Waals surface area contributed by atoms with E-state index in [0.717, 1.165) is 10.5 Å². The molecule has 2 N–H and O–H groups in total. The van der Waals surface area contributed by atoms with Crippen LogP contribution in [-0.4, -0.2) is 17.6 Å². The molecule has 146 valence electrons. The van der Waals surface area contributed by atoms with E-state index in [-0.39, 0.29) is 23.3 Å². The Kier molecular flexibility index (Phi) is 7.19. The van der Waals surface area contributed by atoms with Crippen LogP contribution in [0.4, 0.5) is 15.8 Å². The van der Waals surface area contributed by atoms with Crippen LogP contribution in [0.1, 0.15) is 5.56 Å². The lowest BCUT2D eigenvalue weighted by molar-refractivity contribution is -0.114. The Bertz CT molecular complexity index is 1000. The molecule has 6 heteroatoms. The summed E-state index contributed by atoms with van der Waals surface area (Å²) in [4.78, 5) is 24.8. The summed E-state index contributed by atoms with van der Waals surface area (Å²) in [5.41, 5.74) is 1.77. The molecular formula is C23H19FN2O2S. The van der Waals surface area contributed by atoms with E-state index in [0.29, 0.717) is 5.69 Å². The summed E-state index contributed by atoms with van der Waals surface area (Å²) < 4.78 is 13.6. The van der Waals surface area contributed by atoms with Crippen molar-refractivity contribution in [1.82, 2.24) is 0 Å². The number of benzene rings is 3. The minimum Gasteiger partial charge on any atom is -0.323 e. The lowest BCUT2D eigenvalue weighted by atomic mass is 10.2. The van der Waals surface area contributed by atoms with Crippen molar-refractivity contribution in [3.05, 3.63) is 96.3 Å². The van der Waals surface area contributed by atoms with Crippen molar-refractivity contribution in [1.29, 1.82) is 0 Å². The zero-order valence-corrected chi connectivity index (χ0v) is 16.3. The molecule has 0 radical (unpaired) electrons. The zero-order chi connectivity index (χ0) is 20.5. The second-order valence-electron chi connectivity index (χ2n) is 6.07. The number of anilines is 2. The van der Waals surface area contributed by atoms with Gasteiger partial charge in [0, 0.05) is 16.7 Å². The van der Waals surface area contributed by atoms with Crippen molar-refractivity contribution in [2.24, 2.45) is 0 Å². The van der Waals surface area contributed by atoms with Crippen LogP contribution in [0.3, 0.4) is 0 Å². The molecule has 3 rings (SSSR count). The van der Waals surface area contributed by atoms with E-state index in [1.54, 1.807) is 30.3 Å². The first-order valence-electron chi connectivity index (χ1n) is 8.91. The number of hydrogen-bond donors (Lipinski definition) is 2. The number of carbonyl (C=O) groups is 2. The summed E-state index contributed by atoms with van der Waals surface area (Å²) in [5.74, 6) is -0.825. The lowest BCUT2D eigenvalue weighted by Gasteiger charge is -2.07. The minimum atomic E-state index is -0.466. The van der Waals surface area contributed by atoms with Crippen LogP contribution in [0.15, 0.2) is 89.8 Å². The molecule has 0 saturated heterocycles. The van der Waals surface area contributed by atoms with Gasteiger partial charge >= 0.3 is 0 Å². The molecule has 0 saturated carbocycles. The highest BCUT2D eigenvalue weighted by atomic mass is 32.2. The van der Waals surface area contributed by atoms with Crippen LogP contribution >= 0.6 is 11.8 Å². The summed E-state index contributed by atoms with van der Waals surface area (Å²) in [6.45, 7) is 0. The van der Waals surface area contributed by atoms with Gasteiger partial charge in [0.15, 0.2) is 0 Å². The number of hydrogen-bond acceptors (Lipinski definition) is 3. The van der Waals surface area contributed by atoms with Gasteiger partial charge < -0.3 is 10.6 Å². The zero-order valence-electron chi connectivity index (χ0n) is 15.5. The van der Waals surface area contributed by atoms with Gasteiger partial charge in [0.2, 0.25) is 11.8 Å². The van der Waals surface area contributed by atoms with E-state index >= 15 is 0 Å². The first kappa shape index (κ1) is 20.4. The number of rotatable bonds is 7. The Labute approximate surface area is 172 Å². The highest BCUT2D eigenvalue weighted by Crippen LogP contribution is 2.21. The Morgan fingerprint density at radius 3 is 2.28 bits per heavy atom. The van der Waals surface area contributed by atoms with Crippen LogP contribution in [-0.2, 0) is 9.59 Å². The predicted molar refractivity (Wildman–Crippen MR) is 116 cm³/mol. The molecule has 0 heterocycles. The number of para-hydroxylation sites is 1. The van der Waals surface area contributed by atoms with Gasteiger partial charge in [0.25, 0.3) is 0 Å². The molecule has 0 bridgehead atoms. The van der Waals surface area contributed by atoms with Crippen molar-refractivity contribution in [3.8, 4) is 0 Å². The summed E-state index contributed by atoms with van der Waals surface area (Å²) in [6, 6.07) is 22.8. The van der Waals surface area contributed by atoms with Gasteiger partial charge in [-0.2, -0.15) is 0 Å². The molecule has 0 fully saturated rings. The normalized spacial score (nSPS) is 10.7. The SMILES string of the molecule is O=C(/C=C/c1ccccc1)Nc1ccc(SCC(=O)Nc2ccccc2F)cc1. The fraction of sp³-hybridized carbons (Fsp3) is 0.0435. The van der Waals surface area contributed by atoms with Gasteiger partial charge in [-0.15, -0.1) is 11.8 Å². The molecule has 2 amide bonds. The van der Waals surface area contributed by atoms with Crippen molar-refractivity contribution in [3.63, 3.8) is 0 Å². The van der Waals surface area contributed by atoms with Gasteiger partial charge in [0.05, 0.1) is 11.4 Å². The van der Waals surface area contributed by atoms with E-state index in [9.17, 15) is 14.0 Å². The summed E-state index contributed by atoms with van der Waals surface area (Å²) in [6.07, 6.45) is 3.22. The third-order valence-corrected chi connectivity index (χ3v) is 4.88. The standard InChI is InChI=1S/C23H19FN2O2S/c24-20-8-4-5-9-21(20)26-23(28)16-29-19-13-11-18(12-14-19)25-22(27)15-10-17-6-2-1-3-7-17/h1-15H,16H2,(H,25,27)(H,26,28)/b15-10+. The van der Waals surface area contributed by atoms with Crippen LogP contribution in [0, 0.1) is 5.82 Å². The number of thioether (sulfide) groups is 1. The predicted octanol–water partition coefficient (Wildman–Crippen LogP) is 5.21. The average Bonchev–Trinajstić information content (AvgIpc) is 2.74. The lowest BCUT2D eigenvalue weighted by Crippen LogP contribution is -2.14. The second kappa shape index (κ2) is 10.2. The van der Waals surface area contributed by atoms with Crippen LogP contribution in [0.25, 0.3) is 6.08 Å². The average molecular weight is 406 g/mol. The monoisotopic (exact) mass is 406 g/mol. The molecular weight excluding hydrogens is 387 g/mol. The number of nitrogens with one attached hydrogen (secondary N) is 2. The highest BCUT2D eigenvalue weighted by Gasteiger charge is 2.07. The van der Waals surface area contributed by atoms with Gasteiger partial charge in [-0.3, -0.25) is 9.59 Å². The Morgan fingerprint density at radius 2 is 1.55 bits per heavy atom. The molecule has 0 aliphatic heterocycles. The van der Waals surface area contributed by atoms with Crippen molar-refractivity contribution >= 4 is 41.0 Å². The first-order chi connectivity index (χ1) is 14.1. The Morgan fingerprint density at radius 1 is 0.862 bits per heavy atom. The van der Waals surface area contributed by atoms with E-state index in [1.165, 1.54) is 30.0 Å². The topological polar surface area (TPSA) is 58.2 Å². The molecule has 3 aromatic carbocycles. The van der Waals surface area contributed by atoms with Crippen molar-refractivity contribution in [2.75, 3.05) is 16.4 Å². The molecule has 0 atom stereocenters. The molecule has 4 nitrogen and oxygen atoms in total. The number of carbonyl (C=O) groups excluding carboxylic acids is 2. The largest absolute Gasteiger partial charge is 0.323 e. The summed E-state index contributed by atoms with van der Waals surface area (Å²) in [5, 5.41) is 5.33. The van der Waals surface area contributed by atoms with Crippen LogP contribution in [0.2, 0.25) is 0 Å². The third-order valence-electron chi connectivity index (χ3n) is 3.87. The maximum absolute atomic E-state index is 13.6. The fourth-order valence-corrected chi connectivity index (χ4v) is 3.15. The van der Waals surface area contributed by atoms with E-state index in [2.05, 4.69) is 10.6 Å². The maximum atomic E-state index is 13.6. The van der Waals surface area contributed by atoms with Gasteiger partial charge in [-0.1, -0.05) is 42.5 Å². The maximum Gasteiger partial charge on any atom is 0.248 e. The van der Waals surface area contributed by atoms with Crippen molar-refractivity contribution in [2.45, 2.75) is 4.90 Å². The second-order valence-corrected chi connectivity index (χ2v) is 7.12. The third kappa shape index (κ3) is 6.62. The van der Waals surface area contributed by atoms with Gasteiger partial charge in [-0.25, -0.2) is 4.39 Å². The molecule has 29 heavy (non-hydrogen) atoms. The van der Waals surface area contributed by atoms with Crippen LogP contribution < -0.4 is 10.6 Å². The molecule has 0 spiro atoms. The minimum absolute atomic E-state index is 0.153. The molecule has 0 unspecified atom stereocenters. The van der Waals surface area contributed by atoms with E-state index < -0.39 is 5.82 Å². The summed E-state index contributed by atoms with van der Waals surface area (Å²) in [7, 11) is 0. The Hall–Kier alpha value is -3.38. The number of halogens is 1. The molecule has 0 aliphatic carbocycles. The van der Waals surface area contributed by atoms with Gasteiger partial charge in [-0.05, 0) is 48.0 Å². The highest BCUT2D eigenvalue weighted by molar-refractivity contribution is 8.00. The van der Waals surface area contributed by atoms with E-state index in [1.807, 2.05) is 42.5 Å². The fourth-order valence-electron chi connectivity index (χ4n) is 2.45. The first-order valence-corrected chi connectivity index (χ1v) is 9.90. The van der Waals surface area contributed by atoms with Crippen molar-refractivity contribution < 1.29 is 14.0 Å². The molecule has 0 aromatic heterocycles. The molecule has 0 aliphatic rings.